The molecular formula is C11H15BrN2O. The zero-order valence-corrected chi connectivity index (χ0v) is 10.6. The highest BCUT2D eigenvalue weighted by Gasteiger charge is 2.30. The molecule has 1 atom stereocenters. The molecular weight excluding hydrogens is 256 g/mol. The summed E-state index contributed by atoms with van der Waals surface area (Å²) in [5.74, 6) is 0.897. The molecule has 0 aromatic carbocycles. The summed E-state index contributed by atoms with van der Waals surface area (Å²) in [6, 6.07) is 2.06. The highest BCUT2D eigenvalue weighted by molar-refractivity contribution is 9.10. The van der Waals surface area contributed by atoms with Gasteiger partial charge in [0, 0.05) is 12.8 Å². The second-order valence-electron chi connectivity index (χ2n) is 4.33. The van der Waals surface area contributed by atoms with Crippen molar-refractivity contribution in [3.63, 3.8) is 0 Å². The van der Waals surface area contributed by atoms with E-state index in [1.165, 1.54) is 0 Å². The minimum absolute atomic E-state index is 0.0186. The highest BCUT2D eigenvalue weighted by Crippen LogP contribution is 2.27. The molecule has 0 aliphatic carbocycles. The van der Waals surface area contributed by atoms with E-state index >= 15 is 0 Å². The van der Waals surface area contributed by atoms with Crippen LogP contribution in [-0.2, 0) is 4.74 Å². The second-order valence-corrected chi connectivity index (χ2v) is 5.19. The maximum atomic E-state index is 5.39. The summed E-state index contributed by atoms with van der Waals surface area (Å²) in [6.07, 6.45) is 2.89. The smallest absolute Gasteiger partial charge is 0.140 e. The summed E-state index contributed by atoms with van der Waals surface area (Å²) in [4.78, 5) is 4.37. The van der Waals surface area contributed by atoms with Crippen molar-refractivity contribution >= 4 is 21.7 Å². The first-order valence-electron chi connectivity index (χ1n) is 5.07. The third-order valence-corrected chi connectivity index (χ3v) is 3.22. The Balaban J connectivity index is 2.16. The third-order valence-electron chi connectivity index (χ3n) is 2.62. The highest BCUT2D eigenvalue weighted by atomic mass is 79.9. The number of aryl methyl sites for hydroxylation is 1. The molecule has 0 spiro atoms. The average Bonchev–Trinajstić information content (AvgIpc) is 2.58. The van der Waals surface area contributed by atoms with E-state index in [0.717, 1.165) is 35.5 Å². The molecule has 2 rings (SSSR count). The fourth-order valence-electron chi connectivity index (χ4n) is 1.68. The number of ether oxygens (including phenoxy) is 1. The molecule has 1 aromatic rings. The standard InChI is InChI=1S/C11H15BrN2O/c1-8-5-9(12)10(13-6-8)14-11(2)3-4-15-7-11/h5-6H,3-4,7H2,1-2H3,(H,13,14). The fourth-order valence-corrected chi connectivity index (χ4v) is 2.24. The molecule has 0 radical (unpaired) electrons. The Bertz CT molecular complexity index is 362. The molecule has 2 heterocycles. The largest absolute Gasteiger partial charge is 0.379 e. The summed E-state index contributed by atoms with van der Waals surface area (Å²) in [5.41, 5.74) is 1.17. The van der Waals surface area contributed by atoms with Gasteiger partial charge in [-0.25, -0.2) is 4.98 Å². The van der Waals surface area contributed by atoms with E-state index in [4.69, 9.17) is 4.74 Å². The van der Waals surface area contributed by atoms with Gasteiger partial charge in [0.1, 0.15) is 5.82 Å². The quantitative estimate of drug-likeness (QED) is 0.898. The minimum Gasteiger partial charge on any atom is -0.379 e. The van der Waals surface area contributed by atoms with Gasteiger partial charge in [-0.15, -0.1) is 0 Å². The monoisotopic (exact) mass is 270 g/mol. The van der Waals surface area contributed by atoms with Gasteiger partial charge >= 0.3 is 0 Å². The van der Waals surface area contributed by atoms with Crippen LogP contribution in [-0.4, -0.2) is 23.7 Å². The molecule has 1 saturated heterocycles. The van der Waals surface area contributed by atoms with E-state index < -0.39 is 0 Å². The molecule has 1 N–H and O–H groups in total. The van der Waals surface area contributed by atoms with Crippen LogP contribution in [0.3, 0.4) is 0 Å². The number of aromatic nitrogens is 1. The van der Waals surface area contributed by atoms with Crippen molar-refractivity contribution in [2.75, 3.05) is 18.5 Å². The van der Waals surface area contributed by atoms with E-state index in [-0.39, 0.29) is 5.54 Å². The maximum Gasteiger partial charge on any atom is 0.140 e. The Morgan fingerprint density at radius 1 is 1.60 bits per heavy atom. The summed E-state index contributed by atoms with van der Waals surface area (Å²) < 4.78 is 6.40. The van der Waals surface area contributed by atoms with Crippen LogP contribution in [0.15, 0.2) is 16.7 Å². The van der Waals surface area contributed by atoms with Crippen LogP contribution in [0.1, 0.15) is 18.9 Å². The summed E-state index contributed by atoms with van der Waals surface area (Å²) in [7, 11) is 0. The van der Waals surface area contributed by atoms with Crippen LogP contribution in [0, 0.1) is 6.92 Å². The number of anilines is 1. The molecule has 15 heavy (non-hydrogen) atoms. The number of halogens is 1. The molecule has 3 nitrogen and oxygen atoms in total. The van der Waals surface area contributed by atoms with Crippen molar-refractivity contribution in [3.8, 4) is 0 Å². The topological polar surface area (TPSA) is 34.2 Å². The molecule has 1 unspecified atom stereocenters. The predicted octanol–water partition coefficient (Wildman–Crippen LogP) is 2.74. The van der Waals surface area contributed by atoms with Crippen LogP contribution >= 0.6 is 15.9 Å². The first kappa shape index (κ1) is 10.9. The van der Waals surface area contributed by atoms with Crippen LogP contribution in [0.5, 0.6) is 0 Å². The molecule has 0 bridgehead atoms. The lowest BCUT2D eigenvalue weighted by molar-refractivity contribution is 0.185. The van der Waals surface area contributed by atoms with E-state index in [9.17, 15) is 0 Å². The number of hydrogen-bond acceptors (Lipinski definition) is 3. The van der Waals surface area contributed by atoms with Crippen molar-refractivity contribution in [2.45, 2.75) is 25.8 Å². The number of pyridine rings is 1. The van der Waals surface area contributed by atoms with E-state index in [0.29, 0.717) is 0 Å². The van der Waals surface area contributed by atoms with Gasteiger partial charge in [-0.1, -0.05) is 0 Å². The van der Waals surface area contributed by atoms with Crippen LogP contribution in [0.25, 0.3) is 0 Å². The lowest BCUT2D eigenvalue weighted by Crippen LogP contribution is -2.35. The minimum atomic E-state index is 0.0186. The first-order chi connectivity index (χ1) is 7.09. The van der Waals surface area contributed by atoms with Crippen LogP contribution in [0.4, 0.5) is 5.82 Å². The normalized spacial score (nSPS) is 25.5. The van der Waals surface area contributed by atoms with Crippen molar-refractivity contribution in [3.05, 3.63) is 22.3 Å². The predicted molar refractivity (Wildman–Crippen MR) is 64.1 cm³/mol. The molecule has 1 aliphatic heterocycles. The van der Waals surface area contributed by atoms with Gasteiger partial charge in [0.25, 0.3) is 0 Å². The van der Waals surface area contributed by atoms with Gasteiger partial charge in [0.2, 0.25) is 0 Å². The number of hydrogen-bond donors (Lipinski definition) is 1. The Kier molecular flexibility index (Phi) is 2.98. The van der Waals surface area contributed by atoms with E-state index in [1.807, 2.05) is 13.1 Å². The van der Waals surface area contributed by atoms with Crippen molar-refractivity contribution < 1.29 is 4.74 Å². The average molecular weight is 271 g/mol. The van der Waals surface area contributed by atoms with E-state index in [2.05, 4.69) is 39.2 Å². The van der Waals surface area contributed by atoms with Gasteiger partial charge in [0.05, 0.1) is 16.6 Å². The SMILES string of the molecule is Cc1cnc(NC2(C)CCOC2)c(Br)c1. The molecule has 1 aliphatic rings. The number of rotatable bonds is 2. The molecule has 0 saturated carbocycles. The molecule has 4 heteroatoms. The fraction of sp³-hybridized carbons (Fsp3) is 0.545. The van der Waals surface area contributed by atoms with E-state index in [1.54, 1.807) is 0 Å². The lowest BCUT2D eigenvalue weighted by Gasteiger charge is -2.24. The van der Waals surface area contributed by atoms with Gasteiger partial charge in [-0.3, -0.25) is 0 Å². The Morgan fingerprint density at radius 2 is 2.40 bits per heavy atom. The van der Waals surface area contributed by atoms with Crippen LogP contribution < -0.4 is 5.32 Å². The third kappa shape index (κ3) is 2.49. The van der Waals surface area contributed by atoms with Crippen LogP contribution in [0.2, 0.25) is 0 Å². The lowest BCUT2D eigenvalue weighted by atomic mass is 10.0. The van der Waals surface area contributed by atoms with Gasteiger partial charge < -0.3 is 10.1 Å². The maximum absolute atomic E-state index is 5.39. The van der Waals surface area contributed by atoms with Crippen molar-refractivity contribution in [1.29, 1.82) is 0 Å². The molecule has 0 amide bonds. The van der Waals surface area contributed by atoms with Crippen molar-refractivity contribution in [2.24, 2.45) is 0 Å². The Hall–Kier alpha value is -0.610. The number of nitrogens with zero attached hydrogens (tertiary/aromatic N) is 1. The zero-order valence-electron chi connectivity index (χ0n) is 9.01. The molecule has 82 valence electrons. The second kappa shape index (κ2) is 4.10. The first-order valence-corrected chi connectivity index (χ1v) is 5.86. The summed E-state index contributed by atoms with van der Waals surface area (Å²) in [5, 5.41) is 3.43. The number of nitrogens with one attached hydrogen (secondary N) is 1. The Morgan fingerprint density at radius 3 is 3.00 bits per heavy atom. The van der Waals surface area contributed by atoms with Gasteiger partial charge in [0.15, 0.2) is 0 Å². The summed E-state index contributed by atoms with van der Waals surface area (Å²) in [6.45, 7) is 5.76. The van der Waals surface area contributed by atoms with Gasteiger partial charge in [-0.05, 0) is 47.8 Å². The molecule has 1 fully saturated rings. The molecule has 1 aromatic heterocycles. The van der Waals surface area contributed by atoms with Gasteiger partial charge in [-0.2, -0.15) is 0 Å². The van der Waals surface area contributed by atoms with Crippen molar-refractivity contribution in [1.82, 2.24) is 4.98 Å². The summed E-state index contributed by atoms with van der Waals surface area (Å²) >= 11 is 3.51. The zero-order chi connectivity index (χ0) is 10.9. The Labute approximate surface area is 98.4 Å².